The zero-order valence-corrected chi connectivity index (χ0v) is 9.23. The van der Waals surface area contributed by atoms with E-state index in [4.69, 9.17) is 10.6 Å². The Morgan fingerprint density at radius 3 is 3.00 bits per heavy atom. The van der Waals surface area contributed by atoms with E-state index in [1.807, 2.05) is 18.2 Å². The predicted octanol–water partition coefficient (Wildman–Crippen LogP) is 1.71. The van der Waals surface area contributed by atoms with Crippen molar-refractivity contribution in [2.24, 2.45) is 5.84 Å². The van der Waals surface area contributed by atoms with Gasteiger partial charge in [-0.2, -0.15) is 0 Å². The summed E-state index contributed by atoms with van der Waals surface area (Å²) in [5.74, 6) is 5.46. The van der Waals surface area contributed by atoms with Crippen LogP contribution in [0.25, 0.3) is 10.9 Å². The van der Waals surface area contributed by atoms with Crippen LogP contribution in [0.3, 0.4) is 0 Å². The van der Waals surface area contributed by atoms with E-state index in [-0.39, 0.29) is 0 Å². The quantitative estimate of drug-likeness (QED) is 0.604. The van der Waals surface area contributed by atoms with Crippen molar-refractivity contribution in [3.05, 3.63) is 36.0 Å². The summed E-state index contributed by atoms with van der Waals surface area (Å²) in [6.07, 6.45) is 2.61. The minimum atomic E-state index is 0.696. The summed E-state index contributed by atoms with van der Waals surface area (Å²) >= 11 is 0. The number of nitrogens with zero attached hydrogens (tertiary/aromatic N) is 1. The molecule has 0 atom stereocenters. The fourth-order valence-electron chi connectivity index (χ4n) is 1.78. The molecule has 0 radical (unpaired) electrons. The van der Waals surface area contributed by atoms with Gasteiger partial charge in [-0.05, 0) is 18.1 Å². The highest BCUT2D eigenvalue weighted by Gasteiger charge is 2.04. The fourth-order valence-corrected chi connectivity index (χ4v) is 1.78. The summed E-state index contributed by atoms with van der Waals surface area (Å²) in [4.78, 5) is 4.39. The Morgan fingerprint density at radius 2 is 2.25 bits per heavy atom. The molecule has 4 nitrogen and oxygen atoms in total. The van der Waals surface area contributed by atoms with Gasteiger partial charge in [-0.15, -0.1) is 0 Å². The van der Waals surface area contributed by atoms with Crippen molar-refractivity contribution in [2.45, 2.75) is 6.42 Å². The first-order valence-electron chi connectivity index (χ1n) is 5.19. The molecule has 0 saturated heterocycles. The number of hydrogen-bond donors (Lipinski definition) is 2. The van der Waals surface area contributed by atoms with Crippen LogP contribution in [0.1, 0.15) is 5.56 Å². The van der Waals surface area contributed by atoms with Crippen molar-refractivity contribution in [3.8, 4) is 0 Å². The SMILES string of the molecule is COCCc1cccc2c(NN)ccnc12. The molecule has 0 spiro atoms. The highest BCUT2D eigenvalue weighted by molar-refractivity contribution is 5.92. The molecule has 2 aromatic rings. The maximum atomic E-state index is 5.46. The zero-order valence-electron chi connectivity index (χ0n) is 9.23. The van der Waals surface area contributed by atoms with E-state index >= 15 is 0 Å². The molecule has 0 bridgehead atoms. The first kappa shape index (κ1) is 10.9. The Kier molecular flexibility index (Phi) is 3.34. The van der Waals surface area contributed by atoms with Gasteiger partial charge in [0.2, 0.25) is 0 Å². The molecule has 0 fully saturated rings. The van der Waals surface area contributed by atoms with Gasteiger partial charge in [-0.25, -0.2) is 0 Å². The molecule has 4 heteroatoms. The smallest absolute Gasteiger partial charge is 0.0756 e. The van der Waals surface area contributed by atoms with Gasteiger partial charge in [0.15, 0.2) is 0 Å². The first-order valence-corrected chi connectivity index (χ1v) is 5.19. The maximum absolute atomic E-state index is 5.46. The van der Waals surface area contributed by atoms with Crippen molar-refractivity contribution in [2.75, 3.05) is 19.1 Å². The number of nitrogen functional groups attached to an aromatic ring is 1. The van der Waals surface area contributed by atoms with Crippen LogP contribution in [0.2, 0.25) is 0 Å². The van der Waals surface area contributed by atoms with Crippen molar-refractivity contribution < 1.29 is 4.74 Å². The molecule has 0 saturated carbocycles. The van der Waals surface area contributed by atoms with Gasteiger partial charge < -0.3 is 10.2 Å². The summed E-state index contributed by atoms with van der Waals surface area (Å²) in [7, 11) is 1.70. The third-order valence-electron chi connectivity index (χ3n) is 2.59. The Hall–Kier alpha value is -1.65. The van der Waals surface area contributed by atoms with Crippen LogP contribution in [0, 0.1) is 0 Å². The third-order valence-corrected chi connectivity index (χ3v) is 2.59. The first-order chi connectivity index (χ1) is 7.86. The van der Waals surface area contributed by atoms with Gasteiger partial charge in [-0.1, -0.05) is 18.2 Å². The number of fused-ring (bicyclic) bond motifs is 1. The molecule has 0 unspecified atom stereocenters. The number of benzene rings is 1. The van der Waals surface area contributed by atoms with E-state index < -0.39 is 0 Å². The van der Waals surface area contributed by atoms with E-state index in [9.17, 15) is 0 Å². The lowest BCUT2D eigenvalue weighted by molar-refractivity contribution is 0.202. The van der Waals surface area contributed by atoms with Crippen LogP contribution >= 0.6 is 0 Å². The average molecular weight is 217 g/mol. The number of hydrazine groups is 1. The molecule has 1 aromatic heterocycles. The van der Waals surface area contributed by atoms with E-state index in [1.165, 1.54) is 5.56 Å². The second kappa shape index (κ2) is 4.92. The molecule has 2 rings (SSSR count). The average Bonchev–Trinajstić information content (AvgIpc) is 2.35. The molecule has 16 heavy (non-hydrogen) atoms. The number of nitrogens with one attached hydrogen (secondary N) is 1. The Bertz CT molecular complexity index is 485. The summed E-state index contributed by atoms with van der Waals surface area (Å²) in [6, 6.07) is 7.95. The third kappa shape index (κ3) is 1.98. The lowest BCUT2D eigenvalue weighted by Crippen LogP contribution is -2.07. The summed E-state index contributed by atoms with van der Waals surface area (Å²) in [5, 5.41) is 1.04. The standard InChI is InChI=1S/C12H15N3O/c1-16-8-6-9-3-2-4-10-11(15-13)5-7-14-12(9)10/h2-5,7H,6,8,13H2,1H3,(H,14,15). The lowest BCUT2D eigenvalue weighted by atomic mass is 10.1. The highest BCUT2D eigenvalue weighted by Crippen LogP contribution is 2.23. The summed E-state index contributed by atoms with van der Waals surface area (Å²) in [5.41, 5.74) is 5.73. The number of rotatable bonds is 4. The topological polar surface area (TPSA) is 60.2 Å². The number of para-hydroxylation sites is 1. The molecule has 3 N–H and O–H groups in total. The van der Waals surface area contributed by atoms with Crippen LogP contribution in [0.15, 0.2) is 30.5 Å². The number of aromatic nitrogens is 1. The van der Waals surface area contributed by atoms with Crippen LogP contribution < -0.4 is 11.3 Å². The largest absolute Gasteiger partial charge is 0.384 e. The normalized spacial score (nSPS) is 10.6. The number of hydrogen-bond acceptors (Lipinski definition) is 4. The summed E-state index contributed by atoms with van der Waals surface area (Å²) in [6.45, 7) is 0.696. The Morgan fingerprint density at radius 1 is 1.38 bits per heavy atom. The number of anilines is 1. The lowest BCUT2D eigenvalue weighted by Gasteiger charge is -2.08. The molecule has 0 aliphatic carbocycles. The molecule has 1 heterocycles. The molecular weight excluding hydrogens is 202 g/mol. The van der Waals surface area contributed by atoms with E-state index in [0.717, 1.165) is 23.0 Å². The van der Waals surface area contributed by atoms with E-state index in [0.29, 0.717) is 6.61 Å². The maximum Gasteiger partial charge on any atom is 0.0756 e. The molecule has 84 valence electrons. The monoisotopic (exact) mass is 217 g/mol. The Balaban J connectivity index is 2.51. The van der Waals surface area contributed by atoms with E-state index in [2.05, 4.69) is 16.5 Å². The Labute approximate surface area is 94.4 Å². The number of methoxy groups -OCH3 is 1. The number of nitrogens with two attached hydrogens (primary N) is 1. The second-order valence-corrected chi connectivity index (χ2v) is 3.56. The van der Waals surface area contributed by atoms with Gasteiger partial charge in [0.05, 0.1) is 17.8 Å². The van der Waals surface area contributed by atoms with Crippen LogP contribution in [0.4, 0.5) is 5.69 Å². The van der Waals surface area contributed by atoms with Crippen molar-refractivity contribution in [1.82, 2.24) is 4.98 Å². The van der Waals surface area contributed by atoms with Crippen molar-refractivity contribution >= 4 is 16.6 Å². The fraction of sp³-hybridized carbons (Fsp3) is 0.250. The van der Waals surface area contributed by atoms with Crippen molar-refractivity contribution in [3.63, 3.8) is 0 Å². The van der Waals surface area contributed by atoms with Gasteiger partial charge >= 0.3 is 0 Å². The van der Waals surface area contributed by atoms with Gasteiger partial charge in [0.25, 0.3) is 0 Å². The van der Waals surface area contributed by atoms with Gasteiger partial charge in [-0.3, -0.25) is 10.8 Å². The van der Waals surface area contributed by atoms with Gasteiger partial charge in [0, 0.05) is 18.7 Å². The van der Waals surface area contributed by atoms with Gasteiger partial charge in [0.1, 0.15) is 0 Å². The minimum Gasteiger partial charge on any atom is -0.384 e. The molecule has 0 aliphatic rings. The molecule has 1 aromatic carbocycles. The predicted molar refractivity (Wildman–Crippen MR) is 65.1 cm³/mol. The van der Waals surface area contributed by atoms with Crippen LogP contribution in [-0.2, 0) is 11.2 Å². The van der Waals surface area contributed by atoms with Crippen LogP contribution in [0.5, 0.6) is 0 Å². The summed E-state index contributed by atoms with van der Waals surface area (Å²) < 4.78 is 5.08. The number of pyridine rings is 1. The minimum absolute atomic E-state index is 0.696. The van der Waals surface area contributed by atoms with E-state index in [1.54, 1.807) is 13.3 Å². The zero-order chi connectivity index (χ0) is 11.4. The molecule has 0 amide bonds. The number of ether oxygens (including phenoxy) is 1. The van der Waals surface area contributed by atoms with Crippen LogP contribution in [-0.4, -0.2) is 18.7 Å². The molecular formula is C12H15N3O. The second-order valence-electron chi connectivity index (χ2n) is 3.56. The molecule has 0 aliphatic heterocycles. The highest BCUT2D eigenvalue weighted by atomic mass is 16.5. The van der Waals surface area contributed by atoms with Crippen molar-refractivity contribution in [1.29, 1.82) is 0 Å².